The van der Waals surface area contributed by atoms with Gasteiger partial charge in [-0.1, -0.05) is 43.3 Å². The first-order valence-corrected chi connectivity index (χ1v) is 7.65. The fraction of sp³-hybridized carbons (Fsp3) is 0.222. The Bertz CT molecular complexity index is 857. The van der Waals surface area contributed by atoms with Crippen molar-refractivity contribution in [3.8, 4) is 22.8 Å². The molecule has 0 fully saturated rings. The topological polar surface area (TPSA) is 71.2 Å². The second kappa shape index (κ2) is 6.31. The van der Waals surface area contributed by atoms with Crippen LogP contribution in [0.4, 0.5) is 4.39 Å². The van der Waals surface area contributed by atoms with Crippen molar-refractivity contribution < 1.29 is 14.6 Å². The van der Waals surface area contributed by atoms with Gasteiger partial charge in [0.2, 0.25) is 0 Å². The molecule has 24 heavy (non-hydrogen) atoms. The predicted molar refractivity (Wildman–Crippen MR) is 88.4 cm³/mol. The first kappa shape index (κ1) is 16.0. The Morgan fingerprint density at radius 3 is 2.42 bits per heavy atom. The summed E-state index contributed by atoms with van der Waals surface area (Å²) in [5.41, 5.74) is 2.71. The molecule has 0 aliphatic carbocycles. The maximum Gasteiger partial charge on any atom is 0.160 e. The zero-order valence-electron chi connectivity index (χ0n) is 13.4. The van der Waals surface area contributed by atoms with Crippen LogP contribution in [0.25, 0.3) is 11.3 Å². The fourth-order valence-electron chi connectivity index (χ4n) is 2.44. The van der Waals surface area contributed by atoms with Gasteiger partial charge in [-0.05, 0) is 23.1 Å². The van der Waals surface area contributed by atoms with Crippen LogP contribution in [0.2, 0.25) is 0 Å². The molecular weight excluding hydrogens is 309 g/mol. The summed E-state index contributed by atoms with van der Waals surface area (Å²) in [6.45, 7) is 4.79. The van der Waals surface area contributed by atoms with E-state index in [1.165, 1.54) is 5.56 Å². The van der Waals surface area contributed by atoms with Crippen molar-refractivity contribution >= 4 is 0 Å². The quantitative estimate of drug-likeness (QED) is 0.717. The van der Waals surface area contributed by atoms with Gasteiger partial charge in [0.25, 0.3) is 0 Å². The van der Waals surface area contributed by atoms with Gasteiger partial charge in [0.05, 0.1) is 12.7 Å². The lowest BCUT2D eigenvalue weighted by Crippen LogP contribution is -2.00. The van der Waals surface area contributed by atoms with Crippen molar-refractivity contribution in [3.05, 3.63) is 59.5 Å². The summed E-state index contributed by atoms with van der Waals surface area (Å²) in [5.74, 6) is -1.10. The van der Waals surface area contributed by atoms with Gasteiger partial charge >= 0.3 is 0 Å². The fourth-order valence-corrected chi connectivity index (χ4v) is 2.44. The van der Waals surface area contributed by atoms with Crippen LogP contribution < -0.4 is 0 Å². The molecule has 0 amide bonds. The highest BCUT2D eigenvalue weighted by atomic mass is 19.1. The van der Waals surface area contributed by atoms with Crippen LogP contribution >= 0.6 is 0 Å². The van der Waals surface area contributed by atoms with Gasteiger partial charge in [-0.3, -0.25) is 0 Å². The second-order valence-corrected chi connectivity index (χ2v) is 6.02. The van der Waals surface area contributed by atoms with E-state index in [4.69, 9.17) is 0 Å². The van der Waals surface area contributed by atoms with E-state index in [2.05, 4.69) is 36.3 Å². The van der Waals surface area contributed by atoms with Crippen LogP contribution in [0.15, 0.2) is 42.6 Å². The molecule has 0 bridgehead atoms. The lowest BCUT2D eigenvalue weighted by molar-refractivity contribution is 0.400. The maximum atomic E-state index is 13.9. The molecule has 3 aromatic rings. The summed E-state index contributed by atoms with van der Waals surface area (Å²) in [5, 5.41) is 26.8. The lowest BCUT2D eigenvalue weighted by Gasteiger charge is -2.06. The van der Waals surface area contributed by atoms with Crippen molar-refractivity contribution in [3.63, 3.8) is 0 Å². The number of hydrogen-bond donors (Lipinski definition) is 2. The van der Waals surface area contributed by atoms with Crippen molar-refractivity contribution in [2.24, 2.45) is 0 Å². The molecule has 2 aromatic carbocycles. The van der Waals surface area contributed by atoms with Crippen LogP contribution in [0.1, 0.15) is 30.9 Å². The Hall–Kier alpha value is -2.89. The van der Waals surface area contributed by atoms with Gasteiger partial charge in [-0.2, -0.15) is 0 Å². The van der Waals surface area contributed by atoms with Gasteiger partial charge in [0.1, 0.15) is 11.5 Å². The first-order chi connectivity index (χ1) is 11.4. The van der Waals surface area contributed by atoms with E-state index in [9.17, 15) is 14.6 Å². The van der Waals surface area contributed by atoms with E-state index >= 15 is 0 Å². The summed E-state index contributed by atoms with van der Waals surface area (Å²) in [7, 11) is 0. The van der Waals surface area contributed by atoms with Gasteiger partial charge < -0.3 is 10.2 Å². The Balaban J connectivity index is 1.82. The van der Waals surface area contributed by atoms with Crippen LogP contribution in [0.5, 0.6) is 11.5 Å². The summed E-state index contributed by atoms with van der Waals surface area (Å²) < 4.78 is 15.5. The minimum atomic E-state index is -0.668. The highest BCUT2D eigenvalue weighted by Gasteiger charge is 2.13. The van der Waals surface area contributed by atoms with Crippen LogP contribution in [-0.2, 0) is 6.54 Å². The van der Waals surface area contributed by atoms with E-state index in [1.807, 2.05) is 12.1 Å². The number of nitrogens with zero attached hydrogens (tertiary/aromatic N) is 3. The third-order valence-corrected chi connectivity index (χ3v) is 3.87. The lowest BCUT2D eigenvalue weighted by atomic mass is 10.0. The number of benzene rings is 2. The summed E-state index contributed by atoms with van der Waals surface area (Å²) in [6, 6.07) is 10.2. The number of phenolic OH excluding ortho intramolecular Hbond substituents is 2. The number of phenols is 2. The molecule has 0 aliphatic rings. The molecule has 0 spiro atoms. The summed E-state index contributed by atoms with van der Waals surface area (Å²) in [6.07, 6.45) is 1.60. The monoisotopic (exact) mass is 327 g/mol. The van der Waals surface area contributed by atoms with Crippen LogP contribution in [0, 0.1) is 5.82 Å². The Kier molecular flexibility index (Phi) is 4.20. The Morgan fingerprint density at radius 2 is 1.75 bits per heavy atom. The van der Waals surface area contributed by atoms with E-state index in [-0.39, 0.29) is 5.56 Å². The second-order valence-electron chi connectivity index (χ2n) is 6.02. The normalized spacial score (nSPS) is 11.2. The number of rotatable bonds is 4. The molecule has 0 radical (unpaired) electrons. The van der Waals surface area contributed by atoms with E-state index < -0.39 is 17.3 Å². The maximum absolute atomic E-state index is 13.9. The average molecular weight is 327 g/mol. The molecule has 0 saturated heterocycles. The van der Waals surface area contributed by atoms with Crippen molar-refractivity contribution in [2.75, 3.05) is 0 Å². The highest BCUT2D eigenvalue weighted by molar-refractivity contribution is 5.63. The summed E-state index contributed by atoms with van der Waals surface area (Å²) in [4.78, 5) is 0. The minimum absolute atomic E-state index is 0.0895. The zero-order valence-corrected chi connectivity index (χ0v) is 13.4. The predicted octanol–water partition coefficient (Wildman–Crippen LogP) is 3.67. The third kappa shape index (κ3) is 3.22. The number of aromatic hydroxyl groups is 2. The number of halogens is 1. The molecule has 2 N–H and O–H groups in total. The molecule has 0 aliphatic heterocycles. The third-order valence-electron chi connectivity index (χ3n) is 3.87. The molecular formula is C18H18FN3O2. The Labute approximate surface area is 139 Å². The largest absolute Gasteiger partial charge is 0.504 e. The van der Waals surface area contributed by atoms with Gasteiger partial charge in [0.15, 0.2) is 11.5 Å². The molecule has 6 heteroatoms. The zero-order chi connectivity index (χ0) is 17.3. The molecule has 5 nitrogen and oxygen atoms in total. The average Bonchev–Trinajstić information content (AvgIpc) is 2.99. The van der Waals surface area contributed by atoms with Crippen molar-refractivity contribution in [2.45, 2.75) is 26.3 Å². The van der Waals surface area contributed by atoms with Gasteiger partial charge in [0, 0.05) is 11.6 Å². The van der Waals surface area contributed by atoms with Crippen molar-refractivity contribution in [1.29, 1.82) is 0 Å². The Morgan fingerprint density at radius 1 is 1.08 bits per heavy atom. The SMILES string of the molecule is CC(C)c1ccc(Cn2cc(-c3cc(O)c(O)cc3F)nn2)cc1. The molecule has 1 aromatic heterocycles. The van der Waals surface area contributed by atoms with Gasteiger partial charge in [-0.25, -0.2) is 9.07 Å². The number of hydrogen-bond acceptors (Lipinski definition) is 4. The van der Waals surface area contributed by atoms with Crippen LogP contribution in [0.3, 0.4) is 0 Å². The van der Waals surface area contributed by atoms with Crippen molar-refractivity contribution in [1.82, 2.24) is 15.0 Å². The molecule has 1 heterocycles. The van der Waals surface area contributed by atoms with E-state index in [0.29, 0.717) is 18.2 Å². The molecule has 0 saturated carbocycles. The van der Waals surface area contributed by atoms with Crippen LogP contribution in [-0.4, -0.2) is 25.2 Å². The van der Waals surface area contributed by atoms with E-state index in [1.54, 1.807) is 10.9 Å². The minimum Gasteiger partial charge on any atom is -0.504 e. The molecule has 0 atom stereocenters. The summed E-state index contributed by atoms with van der Waals surface area (Å²) >= 11 is 0. The number of aromatic nitrogens is 3. The molecule has 0 unspecified atom stereocenters. The molecule has 3 rings (SSSR count). The first-order valence-electron chi connectivity index (χ1n) is 7.65. The standard InChI is InChI=1S/C18H18FN3O2/c1-11(2)13-5-3-12(4-6-13)9-22-10-16(20-21-22)14-7-17(23)18(24)8-15(14)19/h3-8,10-11,23-24H,9H2,1-2H3. The van der Waals surface area contributed by atoms with E-state index in [0.717, 1.165) is 17.7 Å². The smallest absolute Gasteiger partial charge is 0.160 e. The highest BCUT2D eigenvalue weighted by Crippen LogP contribution is 2.32. The van der Waals surface area contributed by atoms with Gasteiger partial charge in [-0.15, -0.1) is 5.10 Å². The molecule has 124 valence electrons.